The van der Waals surface area contributed by atoms with Crippen LogP contribution < -0.4 is 4.90 Å². The molecule has 2 heterocycles. The van der Waals surface area contributed by atoms with Crippen molar-refractivity contribution in [1.82, 2.24) is 14.8 Å². The monoisotopic (exact) mass is 308 g/mol. The van der Waals surface area contributed by atoms with Gasteiger partial charge in [-0.25, -0.2) is 5.10 Å². The van der Waals surface area contributed by atoms with E-state index in [9.17, 15) is 0 Å². The Balaban J connectivity index is 1.80. The summed E-state index contributed by atoms with van der Waals surface area (Å²) in [7, 11) is 0. The predicted molar refractivity (Wildman–Crippen MR) is 89.4 cm³/mol. The molecule has 21 heavy (non-hydrogen) atoms. The Bertz CT molecular complexity index is 501. The lowest BCUT2D eigenvalue weighted by Gasteiger charge is -2.28. The smallest absolute Gasteiger partial charge is 0.225 e. The van der Waals surface area contributed by atoms with Crippen molar-refractivity contribution in [3.8, 4) is 0 Å². The van der Waals surface area contributed by atoms with Gasteiger partial charge in [0.2, 0.25) is 5.95 Å². The van der Waals surface area contributed by atoms with Crippen LogP contribution in [0, 0.1) is 10.7 Å². The Hall–Kier alpha value is -0.840. The van der Waals surface area contributed by atoms with E-state index in [0.717, 1.165) is 29.7 Å². The second kappa shape index (κ2) is 6.95. The van der Waals surface area contributed by atoms with Gasteiger partial charge in [-0.05, 0) is 50.2 Å². The third-order valence-corrected chi connectivity index (χ3v) is 5.62. The van der Waals surface area contributed by atoms with E-state index >= 15 is 0 Å². The highest BCUT2D eigenvalue weighted by atomic mass is 32.1. The van der Waals surface area contributed by atoms with Gasteiger partial charge in [-0.3, -0.25) is 4.57 Å². The van der Waals surface area contributed by atoms with E-state index in [0.29, 0.717) is 6.04 Å². The van der Waals surface area contributed by atoms with Gasteiger partial charge in [0, 0.05) is 19.1 Å². The summed E-state index contributed by atoms with van der Waals surface area (Å²) in [5, 5.41) is 7.63. The van der Waals surface area contributed by atoms with Crippen molar-refractivity contribution in [2.45, 2.75) is 70.8 Å². The Morgan fingerprint density at radius 1 is 1.10 bits per heavy atom. The van der Waals surface area contributed by atoms with Crippen LogP contribution in [0.25, 0.3) is 0 Å². The Labute approximate surface area is 132 Å². The van der Waals surface area contributed by atoms with Crippen molar-refractivity contribution in [3.63, 3.8) is 0 Å². The van der Waals surface area contributed by atoms with Gasteiger partial charge < -0.3 is 4.90 Å². The largest absolute Gasteiger partial charge is 0.341 e. The summed E-state index contributed by atoms with van der Waals surface area (Å²) < 4.78 is 3.13. The molecule has 1 aliphatic carbocycles. The molecule has 3 rings (SSSR count). The van der Waals surface area contributed by atoms with E-state index in [1.165, 1.54) is 57.8 Å². The molecule has 5 heteroatoms. The van der Waals surface area contributed by atoms with Crippen LogP contribution >= 0.6 is 12.2 Å². The van der Waals surface area contributed by atoms with Crippen LogP contribution in [0.15, 0.2) is 0 Å². The molecule has 118 valence electrons. The number of H-pyrrole nitrogens is 1. The van der Waals surface area contributed by atoms with E-state index in [-0.39, 0.29) is 0 Å². The zero-order valence-corrected chi connectivity index (χ0v) is 14.0. The molecule has 1 aromatic heterocycles. The van der Waals surface area contributed by atoms with Crippen molar-refractivity contribution >= 4 is 18.2 Å². The van der Waals surface area contributed by atoms with Crippen LogP contribution in [0.4, 0.5) is 5.95 Å². The van der Waals surface area contributed by atoms with Crippen molar-refractivity contribution in [2.24, 2.45) is 5.92 Å². The van der Waals surface area contributed by atoms with E-state index < -0.39 is 0 Å². The van der Waals surface area contributed by atoms with Crippen LogP contribution in [0.2, 0.25) is 0 Å². The summed E-state index contributed by atoms with van der Waals surface area (Å²) in [6.45, 7) is 4.58. The second-order valence-electron chi connectivity index (χ2n) is 6.68. The number of nitrogens with zero attached hydrogens (tertiary/aromatic N) is 3. The molecule has 1 saturated carbocycles. The lowest BCUT2D eigenvalue weighted by molar-refractivity contribution is 0.350. The zero-order chi connectivity index (χ0) is 14.7. The highest BCUT2D eigenvalue weighted by Gasteiger charge is 2.24. The van der Waals surface area contributed by atoms with Gasteiger partial charge in [0.15, 0.2) is 4.77 Å². The molecule has 1 aromatic rings. The lowest BCUT2D eigenvalue weighted by Crippen LogP contribution is -2.29. The molecule has 0 radical (unpaired) electrons. The highest BCUT2D eigenvalue weighted by Crippen LogP contribution is 2.32. The first-order chi connectivity index (χ1) is 10.3. The maximum absolute atomic E-state index is 5.52. The fraction of sp³-hybridized carbons (Fsp3) is 0.875. The molecule has 0 aromatic carbocycles. The minimum absolute atomic E-state index is 0.560. The molecule has 1 atom stereocenters. The Kier molecular flexibility index (Phi) is 4.99. The van der Waals surface area contributed by atoms with Gasteiger partial charge in [-0.15, -0.1) is 5.10 Å². The van der Waals surface area contributed by atoms with Crippen LogP contribution in [-0.2, 0) is 0 Å². The molecule has 0 amide bonds. The molecule has 1 unspecified atom stereocenters. The summed E-state index contributed by atoms with van der Waals surface area (Å²) >= 11 is 5.52. The van der Waals surface area contributed by atoms with Gasteiger partial charge >= 0.3 is 0 Å². The molecular weight excluding hydrogens is 280 g/mol. The molecule has 0 spiro atoms. The molecule has 0 bridgehead atoms. The first-order valence-corrected chi connectivity index (χ1v) is 9.12. The molecule has 2 aliphatic rings. The Morgan fingerprint density at radius 3 is 2.67 bits per heavy atom. The lowest BCUT2D eigenvalue weighted by atomic mass is 9.95. The number of aromatic nitrogens is 3. The van der Waals surface area contributed by atoms with Crippen LogP contribution in [0.3, 0.4) is 0 Å². The van der Waals surface area contributed by atoms with Crippen LogP contribution in [-0.4, -0.2) is 27.9 Å². The number of anilines is 1. The average molecular weight is 308 g/mol. The fourth-order valence-corrected chi connectivity index (χ4v) is 4.24. The topological polar surface area (TPSA) is 36.9 Å². The molecule has 1 aliphatic heterocycles. The first-order valence-electron chi connectivity index (χ1n) is 8.71. The van der Waals surface area contributed by atoms with Crippen LogP contribution in [0.1, 0.15) is 70.8 Å². The molecule has 4 nitrogen and oxygen atoms in total. The summed E-state index contributed by atoms with van der Waals surface area (Å²) in [4.78, 5) is 2.47. The minimum Gasteiger partial charge on any atom is -0.341 e. The third-order valence-electron chi connectivity index (χ3n) is 5.33. The van der Waals surface area contributed by atoms with Gasteiger partial charge in [0.1, 0.15) is 0 Å². The quantitative estimate of drug-likeness (QED) is 0.837. The zero-order valence-electron chi connectivity index (χ0n) is 13.2. The van der Waals surface area contributed by atoms with E-state index in [4.69, 9.17) is 12.2 Å². The molecule has 2 fully saturated rings. The highest BCUT2D eigenvalue weighted by molar-refractivity contribution is 7.71. The molecule has 1 N–H and O–H groups in total. The number of aromatic amines is 1. The predicted octanol–water partition coefficient (Wildman–Crippen LogP) is 4.46. The van der Waals surface area contributed by atoms with Gasteiger partial charge in [0.25, 0.3) is 0 Å². The maximum atomic E-state index is 5.52. The summed E-state index contributed by atoms with van der Waals surface area (Å²) in [6, 6.07) is 0.560. The van der Waals surface area contributed by atoms with E-state index in [2.05, 4.69) is 26.6 Å². The van der Waals surface area contributed by atoms with Gasteiger partial charge in [0.05, 0.1) is 0 Å². The van der Waals surface area contributed by atoms with Gasteiger partial charge in [-0.2, -0.15) is 0 Å². The summed E-state index contributed by atoms with van der Waals surface area (Å²) in [5.74, 6) is 1.99. The summed E-state index contributed by atoms with van der Waals surface area (Å²) in [6.07, 6.45) is 11.8. The number of hydrogen-bond donors (Lipinski definition) is 1. The Morgan fingerprint density at radius 2 is 1.90 bits per heavy atom. The molecular formula is C16H28N4S. The number of nitrogens with one attached hydrogen (secondary N) is 1. The van der Waals surface area contributed by atoms with Crippen molar-refractivity contribution in [2.75, 3.05) is 18.0 Å². The maximum Gasteiger partial charge on any atom is 0.225 e. The SMILES string of the molecule is CCC1CCCN(c2n[nH]c(=S)n2C2CCCCC2)CC1. The fourth-order valence-electron chi connectivity index (χ4n) is 3.96. The van der Waals surface area contributed by atoms with E-state index in [1.54, 1.807) is 0 Å². The minimum atomic E-state index is 0.560. The van der Waals surface area contributed by atoms with Crippen molar-refractivity contribution in [3.05, 3.63) is 4.77 Å². The van der Waals surface area contributed by atoms with Crippen LogP contribution in [0.5, 0.6) is 0 Å². The second-order valence-corrected chi connectivity index (χ2v) is 7.07. The molecule has 1 saturated heterocycles. The summed E-state index contributed by atoms with van der Waals surface area (Å²) in [5.41, 5.74) is 0. The average Bonchev–Trinajstić information content (AvgIpc) is 2.75. The van der Waals surface area contributed by atoms with Crippen molar-refractivity contribution in [1.29, 1.82) is 0 Å². The normalized spacial score (nSPS) is 25.0. The number of rotatable bonds is 3. The first kappa shape index (κ1) is 15.1. The van der Waals surface area contributed by atoms with E-state index in [1.807, 2.05) is 0 Å². The van der Waals surface area contributed by atoms with Crippen molar-refractivity contribution < 1.29 is 0 Å². The number of hydrogen-bond acceptors (Lipinski definition) is 3. The van der Waals surface area contributed by atoms with Gasteiger partial charge in [-0.1, -0.05) is 32.6 Å². The third kappa shape index (κ3) is 3.33. The standard InChI is InChI=1S/C16H28N4S/c1-2-13-7-6-11-19(12-10-13)15-17-18-16(21)20(15)14-8-4-3-5-9-14/h13-14H,2-12H2,1H3,(H,18,21).